The zero-order valence-electron chi connectivity index (χ0n) is 17.0. The molecule has 2 N–H and O–H groups in total. The first-order valence-corrected chi connectivity index (χ1v) is 11.2. The number of furan rings is 1. The Morgan fingerprint density at radius 3 is 2.77 bits per heavy atom. The molecule has 3 heterocycles. The monoisotopic (exact) mass is 444 g/mol. The molecule has 0 bridgehead atoms. The fourth-order valence-corrected chi connectivity index (χ4v) is 3.88. The molecule has 1 amide bonds. The molecule has 0 aliphatic carbocycles. The van der Waals surface area contributed by atoms with Crippen LogP contribution in [0.3, 0.4) is 0 Å². The fraction of sp³-hybridized carbons (Fsp3) is 0.318. The molecular weight excluding hydrogens is 422 g/mol. The van der Waals surface area contributed by atoms with E-state index in [-0.39, 0.29) is 43.2 Å². The van der Waals surface area contributed by atoms with Gasteiger partial charge in [-0.1, -0.05) is 18.2 Å². The van der Waals surface area contributed by atoms with Crippen LogP contribution in [-0.2, 0) is 0 Å². The second-order valence-corrected chi connectivity index (χ2v) is 8.26. The summed E-state index contributed by atoms with van der Waals surface area (Å²) in [5, 5.41) is 12.8. The molecule has 0 spiro atoms. The first kappa shape index (κ1) is 21.3. The summed E-state index contributed by atoms with van der Waals surface area (Å²) in [5.74, 6) is -2.53. The van der Waals surface area contributed by atoms with E-state index in [0.717, 1.165) is 5.39 Å². The van der Waals surface area contributed by atoms with Crippen molar-refractivity contribution in [2.24, 2.45) is 0 Å². The van der Waals surface area contributed by atoms with E-state index in [4.69, 9.17) is 9.83 Å². The van der Waals surface area contributed by atoms with E-state index in [9.17, 15) is 13.6 Å². The number of piperidine rings is 1. The molecule has 0 radical (unpaired) electrons. The van der Waals surface area contributed by atoms with E-state index in [0.29, 0.717) is 28.3 Å². The topological polar surface area (TPSA) is 82.2 Å². The van der Waals surface area contributed by atoms with Crippen LogP contribution in [0.5, 0.6) is 0 Å². The van der Waals surface area contributed by atoms with Gasteiger partial charge in [-0.05, 0) is 18.4 Å². The summed E-state index contributed by atoms with van der Waals surface area (Å²) in [7, 11) is 0. The number of alkyl halides is 2. The highest BCUT2D eigenvalue weighted by Gasteiger charge is 2.36. The highest BCUT2D eigenvalue weighted by molar-refractivity contribution is 7.98. The van der Waals surface area contributed by atoms with E-state index in [2.05, 4.69) is 10.3 Å². The average molecular weight is 445 g/mol. The molecule has 0 atom stereocenters. The minimum atomic E-state index is -2.72. The van der Waals surface area contributed by atoms with Crippen LogP contribution in [-0.4, -0.2) is 52.6 Å². The van der Waals surface area contributed by atoms with Crippen molar-refractivity contribution in [1.82, 2.24) is 9.88 Å². The number of aromatic nitrogens is 1. The van der Waals surface area contributed by atoms with E-state index >= 15 is 0 Å². The number of benzene rings is 1. The predicted molar refractivity (Wildman–Crippen MR) is 118 cm³/mol. The summed E-state index contributed by atoms with van der Waals surface area (Å²) in [5.41, 5.74) is 2.82. The average Bonchev–Trinajstić information content (AvgIpc) is 3.21. The minimum absolute atomic E-state index is 0.000331. The van der Waals surface area contributed by atoms with Gasteiger partial charge in [-0.2, -0.15) is 0 Å². The molecule has 1 aliphatic heterocycles. The summed E-state index contributed by atoms with van der Waals surface area (Å²) < 4.78 is 32.4. The zero-order chi connectivity index (χ0) is 22.0. The number of pyridine rings is 1. The van der Waals surface area contributed by atoms with Crippen LogP contribution in [0.15, 0.2) is 47.2 Å². The Hall–Kier alpha value is -2.94. The van der Waals surface area contributed by atoms with Crippen LogP contribution < -0.4 is 5.32 Å². The summed E-state index contributed by atoms with van der Waals surface area (Å²) in [6, 6.07) is 9.06. The van der Waals surface area contributed by atoms with Crippen LogP contribution in [0, 0.1) is 5.41 Å². The van der Waals surface area contributed by atoms with E-state index in [1.165, 1.54) is 11.1 Å². The Balaban J connectivity index is 1.64. The zero-order valence-corrected chi connectivity index (χ0v) is 17.8. The van der Waals surface area contributed by atoms with Gasteiger partial charge in [0.15, 0.2) is 0 Å². The Kier molecular flexibility index (Phi) is 5.95. The maximum atomic E-state index is 13.4. The Morgan fingerprint density at radius 1 is 1.29 bits per heavy atom. The van der Waals surface area contributed by atoms with Gasteiger partial charge >= 0.3 is 0 Å². The molecule has 3 aromatic rings. The van der Waals surface area contributed by atoms with Crippen molar-refractivity contribution >= 4 is 40.0 Å². The van der Waals surface area contributed by atoms with Crippen molar-refractivity contribution in [3.63, 3.8) is 0 Å². The molecule has 1 fully saturated rings. The summed E-state index contributed by atoms with van der Waals surface area (Å²) in [6.45, 7) is -0.000661. The first-order chi connectivity index (χ1) is 14.9. The molecule has 0 saturated carbocycles. The molecule has 1 aromatic carbocycles. The second kappa shape index (κ2) is 8.66. The van der Waals surface area contributed by atoms with Gasteiger partial charge in [-0.3, -0.25) is 15.2 Å². The summed E-state index contributed by atoms with van der Waals surface area (Å²) in [6.07, 6.45) is 4.28. The van der Waals surface area contributed by atoms with Crippen LogP contribution in [0.2, 0.25) is 0 Å². The van der Waals surface area contributed by atoms with Gasteiger partial charge in [0.25, 0.3) is 11.8 Å². The number of anilines is 1. The standard InChI is InChI=1S/C22H22F2N4O2S/c1-31-13-27-17-10-18(21(29)28-8-6-22(23,24)7-9-28)26-11-15(17)20(25)16-12-30-19-5-3-2-4-14(16)19/h2-5,10-12,25H,6-9,13H2,1H3,(H,26,27). The highest BCUT2D eigenvalue weighted by atomic mass is 32.2. The molecule has 2 aromatic heterocycles. The fourth-order valence-electron chi connectivity index (χ4n) is 3.58. The van der Waals surface area contributed by atoms with E-state index in [1.807, 2.05) is 30.5 Å². The number of nitrogens with zero attached hydrogens (tertiary/aromatic N) is 2. The lowest BCUT2D eigenvalue weighted by atomic mass is 10.0. The number of hydrogen-bond acceptors (Lipinski definition) is 6. The van der Waals surface area contributed by atoms with Crippen molar-refractivity contribution in [2.45, 2.75) is 18.8 Å². The number of thioether (sulfide) groups is 1. The number of amides is 1. The maximum Gasteiger partial charge on any atom is 0.272 e. The third kappa shape index (κ3) is 4.41. The van der Waals surface area contributed by atoms with Crippen LogP contribution in [0.25, 0.3) is 11.0 Å². The summed E-state index contributed by atoms with van der Waals surface area (Å²) in [4.78, 5) is 18.5. The number of rotatable bonds is 6. The number of fused-ring (bicyclic) bond motifs is 1. The largest absolute Gasteiger partial charge is 0.464 e. The molecule has 1 aliphatic rings. The van der Waals surface area contributed by atoms with Crippen molar-refractivity contribution < 1.29 is 18.0 Å². The SMILES string of the molecule is CSCNc1cc(C(=O)N2CCC(F)(F)CC2)ncc1C(=N)c1coc2ccccc12. The van der Waals surface area contributed by atoms with E-state index < -0.39 is 5.92 Å². The van der Waals surface area contributed by atoms with Crippen molar-refractivity contribution in [3.8, 4) is 0 Å². The smallest absolute Gasteiger partial charge is 0.272 e. The van der Waals surface area contributed by atoms with Crippen molar-refractivity contribution in [3.05, 3.63) is 59.6 Å². The lowest BCUT2D eigenvalue weighted by molar-refractivity contribution is -0.0495. The number of halogens is 2. The van der Waals surface area contributed by atoms with Crippen molar-refractivity contribution in [1.29, 1.82) is 5.41 Å². The summed E-state index contributed by atoms with van der Waals surface area (Å²) >= 11 is 1.56. The third-order valence-corrected chi connectivity index (χ3v) is 5.76. The second-order valence-electron chi connectivity index (χ2n) is 7.39. The molecular formula is C22H22F2N4O2S. The van der Waals surface area contributed by atoms with Gasteiger partial charge in [0, 0.05) is 54.3 Å². The molecule has 6 nitrogen and oxygen atoms in total. The molecule has 0 unspecified atom stereocenters. The van der Waals surface area contributed by atoms with Gasteiger partial charge in [-0.25, -0.2) is 8.78 Å². The maximum absolute atomic E-state index is 13.4. The van der Waals surface area contributed by atoms with Crippen LogP contribution in [0.4, 0.5) is 14.5 Å². The number of carbonyl (C=O) groups excluding carboxylic acids is 1. The highest BCUT2D eigenvalue weighted by Crippen LogP contribution is 2.30. The normalized spacial score (nSPS) is 15.8. The Labute approximate surface area is 182 Å². The van der Waals surface area contributed by atoms with Gasteiger partial charge in [0.2, 0.25) is 0 Å². The van der Waals surface area contributed by atoms with Gasteiger partial charge in [-0.15, -0.1) is 11.8 Å². The number of nitrogens with one attached hydrogen (secondary N) is 2. The predicted octanol–water partition coefficient (Wildman–Crippen LogP) is 4.85. The number of carbonyl (C=O) groups is 1. The number of hydrogen-bond donors (Lipinski definition) is 2. The van der Waals surface area contributed by atoms with Gasteiger partial charge in [0.1, 0.15) is 17.5 Å². The van der Waals surface area contributed by atoms with Gasteiger partial charge < -0.3 is 14.6 Å². The van der Waals surface area contributed by atoms with Crippen molar-refractivity contribution in [2.75, 3.05) is 30.5 Å². The molecule has 9 heteroatoms. The van der Waals surface area contributed by atoms with Crippen LogP contribution >= 0.6 is 11.8 Å². The Bertz CT molecular complexity index is 1120. The van der Waals surface area contributed by atoms with Gasteiger partial charge in [0.05, 0.1) is 11.6 Å². The van der Waals surface area contributed by atoms with E-state index in [1.54, 1.807) is 24.1 Å². The third-order valence-electron chi connectivity index (χ3n) is 5.33. The quantitative estimate of drug-likeness (QED) is 0.420. The first-order valence-electron chi connectivity index (χ1n) is 9.85. The molecule has 1 saturated heterocycles. The Morgan fingerprint density at radius 2 is 2.03 bits per heavy atom. The molecule has 162 valence electrons. The number of likely N-dealkylation sites (tertiary alicyclic amines) is 1. The molecule has 31 heavy (non-hydrogen) atoms. The molecule has 4 rings (SSSR count). The van der Waals surface area contributed by atoms with Crippen LogP contribution in [0.1, 0.15) is 34.5 Å². The number of para-hydroxylation sites is 1. The lowest BCUT2D eigenvalue weighted by Gasteiger charge is -2.31. The lowest BCUT2D eigenvalue weighted by Crippen LogP contribution is -2.43. The minimum Gasteiger partial charge on any atom is -0.464 e.